The molecule has 0 bridgehead atoms. The van der Waals surface area contributed by atoms with E-state index in [4.69, 9.17) is 0 Å². The first kappa shape index (κ1) is 18.2. The van der Waals surface area contributed by atoms with E-state index in [2.05, 4.69) is 10.4 Å². The molecule has 0 aliphatic carbocycles. The van der Waals surface area contributed by atoms with Crippen LogP contribution >= 0.6 is 0 Å². The summed E-state index contributed by atoms with van der Waals surface area (Å²) in [5, 5.41) is 7.72. The van der Waals surface area contributed by atoms with Gasteiger partial charge in [0.1, 0.15) is 0 Å². The number of rotatable bonds is 5. The first-order valence-corrected chi connectivity index (χ1v) is 8.35. The molecule has 1 aromatic heterocycles. The lowest BCUT2D eigenvalue weighted by atomic mass is 10.1. The second-order valence-electron chi connectivity index (χ2n) is 6.23. The summed E-state index contributed by atoms with van der Waals surface area (Å²) >= 11 is 0. The van der Waals surface area contributed by atoms with E-state index in [1.807, 2.05) is 48.9 Å². The predicted octanol–water partition coefficient (Wildman–Crippen LogP) is 5.05. The highest BCUT2D eigenvalue weighted by atomic mass is 19.4. The van der Waals surface area contributed by atoms with E-state index in [-0.39, 0.29) is 6.04 Å². The van der Waals surface area contributed by atoms with Crippen LogP contribution in [0.25, 0.3) is 5.69 Å². The van der Waals surface area contributed by atoms with Gasteiger partial charge in [0.05, 0.1) is 17.4 Å². The third-order valence-electron chi connectivity index (χ3n) is 4.38. The maximum absolute atomic E-state index is 12.8. The van der Waals surface area contributed by atoms with E-state index >= 15 is 0 Å². The minimum absolute atomic E-state index is 0.0398. The molecule has 2 aromatic carbocycles. The number of nitrogens with one attached hydrogen (secondary N) is 1. The van der Waals surface area contributed by atoms with Crippen molar-refractivity contribution < 1.29 is 13.2 Å². The lowest BCUT2D eigenvalue weighted by Crippen LogP contribution is -2.19. The van der Waals surface area contributed by atoms with Crippen molar-refractivity contribution >= 4 is 0 Å². The van der Waals surface area contributed by atoms with E-state index in [9.17, 15) is 13.2 Å². The van der Waals surface area contributed by atoms with Crippen LogP contribution in [-0.4, -0.2) is 9.78 Å². The van der Waals surface area contributed by atoms with Gasteiger partial charge in [0.2, 0.25) is 0 Å². The Bertz CT molecular complexity index is 870. The van der Waals surface area contributed by atoms with Gasteiger partial charge in [-0.15, -0.1) is 0 Å². The zero-order valence-electron chi connectivity index (χ0n) is 14.6. The molecule has 0 amide bonds. The second-order valence-corrected chi connectivity index (χ2v) is 6.23. The molecule has 0 saturated heterocycles. The van der Waals surface area contributed by atoms with E-state index in [1.54, 1.807) is 12.3 Å². The van der Waals surface area contributed by atoms with Crippen molar-refractivity contribution in [3.8, 4) is 5.69 Å². The van der Waals surface area contributed by atoms with Crippen LogP contribution in [0.5, 0.6) is 0 Å². The molecule has 3 aromatic rings. The van der Waals surface area contributed by atoms with Gasteiger partial charge in [-0.05, 0) is 37.6 Å². The van der Waals surface area contributed by atoms with Gasteiger partial charge >= 0.3 is 6.18 Å². The van der Waals surface area contributed by atoms with Gasteiger partial charge in [-0.2, -0.15) is 18.3 Å². The summed E-state index contributed by atoms with van der Waals surface area (Å²) in [7, 11) is 0. The molecule has 1 N–H and O–H groups in total. The Balaban J connectivity index is 1.72. The van der Waals surface area contributed by atoms with Crippen LogP contribution in [0.15, 0.2) is 60.8 Å². The van der Waals surface area contributed by atoms with E-state index in [0.29, 0.717) is 12.1 Å². The van der Waals surface area contributed by atoms with Crippen molar-refractivity contribution in [2.75, 3.05) is 0 Å². The topological polar surface area (TPSA) is 29.9 Å². The van der Waals surface area contributed by atoms with Crippen molar-refractivity contribution in [3.05, 3.63) is 83.2 Å². The predicted molar refractivity (Wildman–Crippen MR) is 95.0 cm³/mol. The smallest absolute Gasteiger partial charge is 0.306 e. The van der Waals surface area contributed by atoms with Crippen LogP contribution in [0.3, 0.4) is 0 Å². The number of aromatic nitrogens is 2. The summed E-state index contributed by atoms with van der Waals surface area (Å²) in [6.07, 6.45) is -2.53. The Labute approximate surface area is 150 Å². The minimum atomic E-state index is -4.32. The fraction of sp³-hybridized carbons (Fsp3) is 0.250. The Hall–Kier alpha value is -2.60. The summed E-state index contributed by atoms with van der Waals surface area (Å²) in [5.74, 6) is 0. The number of hydrogen-bond donors (Lipinski definition) is 1. The van der Waals surface area contributed by atoms with Crippen molar-refractivity contribution in [2.45, 2.75) is 32.6 Å². The quantitative estimate of drug-likeness (QED) is 0.691. The summed E-state index contributed by atoms with van der Waals surface area (Å²) < 4.78 is 40.3. The van der Waals surface area contributed by atoms with Gasteiger partial charge in [-0.1, -0.05) is 36.4 Å². The van der Waals surface area contributed by atoms with Crippen molar-refractivity contribution in [3.63, 3.8) is 0 Å². The number of nitrogens with zero attached hydrogens (tertiary/aromatic N) is 2. The average molecular weight is 359 g/mol. The molecule has 3 rings (SSSR count). The number of alkyl halides is 3. The van der Waals surface area contributed by atoms with Crippen molar-refractivity contribution in [1.29, 1.82) is 0 Å². The van der Waals surface area contributed by atoms with Gasteiger partial charge in [0, 0.05) is 23.8 Å². The molecule has 3 nitrogen and oxygen atoms in total. The number of benzene rings is 2. The average Bonchev–Trinajstić information content (AvgIpc) is 3.01. The highest BCUT2D eigenvalue weighted by molar-refractivity contribution is 5.35. The van der Waals surface area contributed by atoms with Crippen LogP contribution in [0.2, 0.25) is 0 Å². The SMILES string of the molecule is Cc1c([C@@H](C)NCc2cccc(C(F)(F)F)c2)cnn1-c1ccccc1. The van der Waals surface area contributed by atoms with Crippen LogP contribution in [0.1, 0.15) is 35.3 Å². The largest absolute Gasteiger partial charge is 0.416 e. The number of hydrogen-bond acceptors (Lipinski definition) is 2. The van der Waals surface area contributed by atoms with E-state index in [1.165, 1.54) is 12.1 Å². The standard InChI is InChI=1S/C20H20F3N3/c1-14(24-12-16-7-6-8-17(11-16)20(21,22)23)19-13-25-26(15(19)2)18-9-4-3-5-10-18/h3-11,13-14,24H,12H2,1-2H3/t14-/m1/s1. The Morgan fingerprint density at radius 2 is 1.81 bits per heavy atom. The molecule has 6 heteroatoms. The lowest BCUT2D eigenvalue weighted by Gasteiger charge is -2.15. The summed E-state index contributed by atoms with van der Waals surface area (Å²) in [4.78, 5) is 0. The molecule has 1 atom stereocenters. The number of para-hydroxylation sites is 1. The molecule has 0 unspecified atom stereocenters. The molecule has 1 heterocycles. The number of halogens is 3. The highest BCUT2D eigenvalue weighted by Gasteiger charge is 2.30. The zero-order chi connectivity index (χ0) is 18.7. The van der Waals surface area contributed by atoms with Gasteiger partial charge < -0.3 is 5.32 Å². The molecule has 0 spiro atoms. The van der Waals surface area contributed by atoms with E-state index in [0.717, 1.165) is 23.0 Å². The molecular weight excluding hydrogens is 339 g/mol. The summed E-state index contributed by atoms with van der Waals surface area (Å²) in [6.45, 7) is 4.31. The fourth-order valence-corrected chi connectivity index (χ4v) is 2.92. The molecular formula is C20H20F3N3. The summed E-state index contributed by atoms with van der Waals surface area (Å²) in [5.41, 5.74) is 2.96. The Kier molecular flexibility index (Phi) is 5.13. The molecule has 0 aliphatic rings. The van der Waals surface area contributed by atoms with Gasteiger partial charge in [-0.25, -0.2) is 4.68 Å². The maximum atomic E-state index is 12.8. The monoisotopic (exact) mass is 359 g/mol. The zero-order valence-corrected chi connectivity index (χ0v) is 14.6. The van der Waals surface area contributed by atoms with Crippen LogP contribution in [0.4, 0.5) is 13.2 Å². The third kappa shape index (κ3) is 3.96. The van der Waals surface area contributed by atoms with E-state index < -0.39 is 11.7 Å². The normalized spacial score (nSPS) is 13.0. The first-order chi connectivity index (χ1) is 12.4. The van der Waals surface area contributed by atoms with Gasteiger partial charge in [0.15, 0.2) is 0 Å². The van der Waals surface area contributed by atoms with Gasteiger partial charge in [-0.3, -0.25) is 0 Å². The minimum Gasteiger partial charge on any atom is -0.306 e. The molecule has 0 fully saturated rings. The van der Waals surface area contributed by atoms with Crippen LogP contribution < -0.4 is 5.32 Å². The van der Waals surface area contributed by atoms with Crippen LogP contribution in [-0.2, 0) is 12.7 Å². The van der Waals surface area contributed by atoms with Crippen molar-refractivity contribution in [2.24, 2.45) is 0 Å². The first-order valence-electron chi connectivity index (χ1n) is 8.35. The maximum Gasteiger partial charge on any atom is 0.416 e. The highest BCUT2D eigenvalue weighted by Crippen LogP contribution is 2.29. The summed E-state index contributed by atoms with van der Waals surface area (Å²) in [6, 6.07) is 15.1. The molecule has 26 heavy (non-hydrogen) atoms. The third-order valence-corrected chi connectivity index (χ3v) is 4.38. The molecule has 0 aliphatic heterocycles. The van der Waals surface area contributed by atoms with Crippen LogP contribution in [0, 0.1) is 6.92 Å². The lowest BCUT2D eigenvalue weighted by molar-refractivity contribution is -0.137. The Morgan fingerprint density at radius 1 is 1.08 bits per heavy atom. The van der Waals surface area contributed by atoms with Gasteiger partial charge in [0.25, 0.3) is 0 Å². The molecule has 0 radical (unpaired) electrons. The fourth-order valence-electron chi connectivity index (χ4n) is 2.92. The Morgan fingerprint density at radius 3 is 2.50 bits per heavy atom. The van der Waals surface area contributed by atoms with Crippen molar-refractivity contribution in [1.82, 2.24) is 15.1 Å². The molecule has 136 valence electrons. The molecule has 0 saturated carbocycles. The second kappa shape index (κ2) is 7.33.